The summed E-state index contributed by atoms with van der Waals surface area (Å²) in [7, 11) is 1.57. The maximum atomic E-state index is 10.4. The number of halogens is 1. The summed E-state index contributed by atoms with van der Waals surface area (Å²) >= 11 is 5.88. The van der Waals surface area contributed by atoms with Gasteiger partial charge in [0.15, 0.2) is 5.71 Å². The van der Waals surface area contributed by atoms with Crippen molar-refractivity contribution in [2.75, 3.05) is 13.7 Å². The number of hydrogen-bond acceptors (Lipinski definition) is 4. The average Bonchev–Trinajstić information content (AvgIpc) is 2.38. The highest BCUT2D eigenvalue weighted by molar-refractivity contribution is 6.34. The van der Waals surface area contributed by atoms with Gasteiger partial charge in [0.05, 0.1) is 7.11 Å². The minimum Gasteiger partial charge on any atom is -0.496 e. The third-order valence-electron chi connectivity index (χ3n) is 2.17. The van der Waals surface area contributed by atoms with Crippen molar-refractivity contribution in [1.29, 1.82) is 0 Å². The number of nitrogens with zero attached hydrogens (tertiary/aromatic N) is 1. The van der Waals surface area contributed by atoms with Crippen molar-refractivity contribution in [3.8, 4) is 5.75 Å². The first-order valence-corrected chi connectivity index (χ1v) is 5.82. The highest BCUT2D eigenvalue weighted by atomic mass is 35.5. The average molecular weight is 284 g/mol. The summed E-state index contributed by atoms with van der Waals surface area (Å²) in [6, 6.07) is 5.24. The van der Waals surface area contributed by atoms with Crippen LogP contribution in [0.3, 0.4) is 0 Å². The first kappa shape index (κ1) is 15.0. The minimum absolute atomic E-state index is 0.103. The molecule has 19 heavy (non-hydrogen) atoms. The summed E-state index contributed by atoms with van der Waals surface area (Å²) in [5.41, 5.74) is 0.700. The summed E-state index contributed by atoms with van der Waals surface area (Å²) in [5, 5.41) is 12.6. The lowest BCUT2D eigenvalue weighted by molar-refractivity contribution is -0.129. The minimum atomic E-state index is -1.11. The molecule has 0 atom stereocenters. The molecule has 1 aromatic carbocycles. The van der Waals surface area contributed by atoms with Gasteiger partial charge in [-0.3, -0.25) is 0 Å². The van der Waals surface area contributed by atoms with Crippen molar-refractivity contribution in [2.24, 2.45) is 5.16 Å². The molecule has 0 amide bonds. The van der Waals surface area contributed by atoms with Crippen LogP contribution in [0.15, 0.2) is 29.4 Å². The van der Waals surface area contributed by atoms with E-state index in [1.807, 2.05) is 0 Å². The van der Waals surface area contributed by atoms with Gasteiger partial charge in [0.1, 0.15) is 12.4 Å². The molecule has 0 spiro atoms. The number of oxime groups is 1. The molecule has 0 aromatic heterocycles. The van der Waals surface area contributed by atoms with Gasteiger partial charge >= 0.3 is 5.97 Å². The fraction of sp³-hybridized carbons (Fsp3) is 0.231. The number of carboxylic acids is 1. The lowest BCUT2D eigenvalue weighted by atomic mass is 10.2. The van der Waals surface area contributed by atoms with Crippen LogP contribution in [0.2, 0.25) is 5.02 Å². The summed E-state index contributed by atoms with van der Waals surface area (Å²) in [6.07, 6.45) is 3.45. The van der Waals surface area contributed by atoms with Crippen LogP contribution >= 0.6 is 11.6 Å². The number of carbonyl (C=O) groups is 1. The largest absolute Gasteiger partial charge is 0.496 e. The van der Waals surface area contributed by atoms with Gasteiger partial charge < -0.3 is 14.7 Å². The van der Waals surface area contributed by atoms with Crippen LogP contribution in [0.4, 0.5) is 0 Å². The normalized spacial score (nSPS) is 11.6. The van der Waals surface area contributed by atoms with Gasteiger partial charge in [-0.25, -0.2) is 4.79 Å². The van der Waals surface area contributed by atoms with Crippen molar-refractivity contribution in [2.45, 2.75) is 6.92 Å². The lowest BCUT2D eigenvalue weighted by Crippen LogP contribution is -2.08. The van der Waals surface area contributed by atoms with E-state index in [9.17, 15) is 4.79 Å². The SMILES string of the molecule is COc1ccc(Cl)cc1C=CCON=C(C)C(=O)O. The molecule has 0 aliphatic heterocycles. The molecule has 0 saturated heterocycles. The number of aliphatic carboxylic acids is 1. The van der Waals surface area contributed by atoms with Gasteiger partial charge in [-0.05, 0) is 31.2 Å². The summed E-state index contributed by atoms with van der Waals surface area (Å²) in [6.45, 7) is 1.51. The number of carboxylic acid groups (broad SMARTS) is 1. The zero-order valence-electron chi connectivity index (χ0n) is 10.6. The van der Waals surface area contributed by atoms with E-state index in [1.165, 1.54) is 6.92 Å². The number of hydrogen-bond donors (Lipinski definition) is 1. The predicted octanol–water partition coefficient (Wildman–Crippen LogP) is 2.84. The molecule has 0 bridgehead atoms. The van der Waals surface area contributed by atoms with E-state index < -0.39 is 5.97 Å². The molecule has 0 radical (unpaired) electrons. The molecule has 0 saturated carbocycles. The monoisotopic (exact) mass is 283 g/mol. The van der Waals surface area contributed by atoms with Crippen LogP contribution in [-0.2, 0) is 9.63 Å². The Morgan fingerprint density at radius 1 is 1.53 bits per heavy atom. The van der Waals surface area contributed by atoms with E-state index in [4.69, 9.17) is 26.3 Å². The van der Waals surface area contributed by atoms with Gasteiger partial charge in [-0.1, -0.05) is 22.8 Å². The smallest absolute Gasteiger partial charge is 0.353 e. The number of rotatable bonds is 6. The second-order valence-electron chi connectivity index (χ2n) is 3.57. The molecule has 1 rings (SSSR count). The Labute approximate surface area is 116 Å². The molecule has 0 aliphatic carbocycles. The molecule has 1 N–H and O–H groups in total. The Bertz CT molecular complexity index is 511. The molecule has 5 nitrogen and oxygen atoms in total. The summed E-state index contributed by atoms with van der Waals surface area (Å²) in [4.78, 5) is 15.3. The van der Waals surface area contributed by atoms with Gasteiger partial charge in [0.25, 0.3) is 0 Å². The Morgan fingerprint density at radius 2 is 2.26 bits per heavy atom. The van der Waals surface area contributed by atoms with E-state index in [-0.39, 0.29) is 12.3 Å². The Morgan fingerprint density at radius 3 is 2.89 bits per heavy atom. The highest BCUT2D eigenvalue weighted by Crippen LogP contribution is 2.23. The molecule has 1 aromatic rings. The van der Waals surface area contributed by atoms with Gasteiger partial charge in [0.2, 0.25) is 0 Å². The number of ether oxygens (including phenoxy) is 1. The molecular weight excluding hydrogens is 270 g/mol. The lowest BCUT2D eigenvalue weighted by Gasteiger charge is -2.04. The van der Waals surface area contributed by atoms with Crippen molar-refractivity contribution >= 4 is 29.4 Å². The maximum Gasteiger partial charge on any atom is 0.353 e. The van der Waals surface area contributed by atoms with Crippen LogP contribution < -0.4 is 4.74 Å². The molecule has 102 valence electrons. The Kier molecular flexibility index (Phi) is 5.89. The molecular formula is C13H14ClNO4. The molecule has 0 unspecified atom stereocenters. The summed E-state index contributed by atoms with van der Waals surface area (Å²) in [5.74, 6) is -0.425. The van der Waals surface area contributed by atoms with Crippen LogP contribution in [0.5, 0.6) is 5.75 Å². The van der Waals surface area contributed by atoms with Crippen LogP contribution in [-0.4, -0.2) is 30.5 Å². The van der Waals surface area contributed by atoms with E-state index in [0.717, 1.165) is 5.56 Å². The second kappa shape index (κ2) is 7.43. The number of benzene rings is 1. The fourth-order valence-electron chi connectivity index (χ4n) is 1.23. The maximum absolute atomic E-state index is 10.4. The van der Waals surface area contributed by atoms with Crippen molar-refractivity contribution in [3.05, 3.63) is 34.9 Å². The molecule has 0 heterocycles. The Hall–Kier alpha value is -2.01. The van der Waals surface area contributed by atoms with Crippen molar-refractivity contribution in [3.63, 3.8) is 0 Å². The van der Waals surface area contributed by atoms with E-state index >= 15 is 0 Å². The van der Waals surface area contributed by atoms with E-state index in [2.05, 4.69) is 5.16 Å². The molecule has 6 heteroatoms. The first-order chi connectivity index (χ1) is 9.04. The zero-order chi connectivity index (χ0) is 14.3. The van der Waals surface area contributed by atoms with Crippen LogP contribution in [0.25, 0.3) is 6.08 Å². The first-order valence-electron chi connectivity index (χ1n) is 5.44. The number of methoxy groups -OCH3 is 1. The quantitative estimate of drug-likeness (QED) is 0.495. The molecule has 0 fully saturated rings. The van der Waals surface area contributed by atoms with E-state index in [0.29, 0.717) is 10.8 Å². The van der Waals surface area contributed by atoms with Crippen LogP contribution in [0.1, 0.15) is 12.5 Å². The van der Waals surface area contributed by atoms with Crippen LogP contribution in [0, 0.1) is 0 Å². The fourth-order valence-corrected chi connectivity index (χ4v) is 1.41. The van der Waals surface area contributed by atoms with Crippen molar-refractivity contribution in [1.82, 2.24) is 0 Å². The van der Waals surface area contributed by atoms with Gasteiger partial charge in [-0.2, -0.15) is 0 Å². The zero-order valence-corrected chi connectivity index (χ0v) is 11.3. The van der Waals surface area contributed by atoms with Gasteiger partial charge in [-0.15, -0.1) is 0 Å². The standard InChI is InChI=1S/C13H14ClNO4/c1-9(13(16)17)15-19-7-3-4-10-8-11(14)5-6-12(10)18-2/h3-6,8H,7H2,1-2H3,(H,16,17). The van der Waals surface area contributed by atoms with Crippen molar-refractivity contribution < 1.29 is 19.5 Å². The third-order valence-corrected chi connectivity index (χ3v) is 2.41. The molecule has 0 aliphatic rings. The topological polar surface area (TPSA) is 68.1 Å². The highest BCUT2D eigenvalue weighted by Gasteiger charge is 2.01. The second-order valence-corrected chi connectivity index (χ2v) is 4.00. The Balaban J connectivity index is 2.60. The third kappa shape index (κ3) is 5.01. The summed E-state index contributed by atoms with van der Waals surface area (Å²) < 4.78 is 5.17. The van der Waals surface area contributed by atoms with Gasteiger partial charge in [0, 0.05) is 10.6 Å². The predicted molar refractivity (Wildman–Crippen MR) is 73.7 cm³/mol. The van der Waals surface area contributed by atoms with E-state index in [1.54, 1.807) is 37.5 Å².